The highest BCUT2D eigenvalue weighted by Gasteiger charge is 2.09. The van der Waals surface area contributed by atoms with Crippen LogP contribution in [0.15, 0.2) is 10.9 Å². The molecule has 1 aromatic heterocycles. The Morgan fingerprint density at radius 2 is 2.29 bits per heavy atom. The van der Waals surface area contributed by atoms with Gasteiger partial charge in [-0.15, -0.1) is 11.3 Å². The Kier molecular flexibility index (Phi) is 5.41. The van der Waals surface area contributed by atoms with E-state index in [9.17, 15) is 9.59 Å². The number of urea groups is 1. The number of thiazole rings is 1. The fraction of sp³-hybridized carbons (Fsp3) is 0.500. The molecule has 7 heteroatoms. The molecule has 1 heterocycles. The van der Waals surface area contributed by atoms with E-state index in [1.165, 1.54) is 11.3 Å². The first kappa shape index (κ1) is 13.4. The van der Waals surface area contributed by atoms with E-state index in [4.69, 9.17) is 5.11 Å². The predicted octanol–water partition coefficient (Wildman–Crippen LogP) is 1.05. The second-order valence-corrected chi connectivity index (χ2v) is 4.47. The second-order valence-electron chi connectivity index (χ2n) is 3.75. The number of hydrogen-bond acceptors (Lipinski definition) is 4. The molecule has 17 heavy (non-hydrogen) atoms. The number of nitrogens with zero attached hydrogens (tertiary/aromatic N) is 1. The molecule has 0 fully saturated rings. The zero-order chi connectivity index (χ0) is 12.7. The smallest absolute Gasteiger partial charge is 0.315 e. The molecule has 0 aliphatic heterocycles. The summed E-state index contributed by atoms with van der Waals surface area (Å²) in [5.41, 5.74) is 2.51. The van der Waals surface area contributed by atoms with Crippen LogP contribution in [0.4, 0.5) is 4.79 Å². The van der Waals surface area contributed by atoms with Gasteiger partial charge in [0, 0.05) is 18.3 Å². The zero-order valence-electron chi connectivity index (χ0n) is 9.47. The largest absolute Gasteiger partial charge is 0.481 e. The number of hydrogen-bond donors (Lipinski definition) is 3. The van der Waals surface area contributed by atoms with Crippen LogP contribution in [0.5, 0.6) is 0 Å². The Labute approximate surface area is 103 Å². The zero-order valence-corrected chi connectivity index (χ0v) is 10.3. The molecule has 0 aliphatic rings. The molecule has 0 saturated heterocycles. The lowest BCUT2D eigenvalue weighted by Gasteiger charge is -2.10. The first-order chi connectivity index (χ1) is 8.08. The van der Waals surface area contributed by atoms with Gasteiger partial charge in [-0.1, -0.05) is 6.92 Å². The minimum atomic E-state index is -0.859. The van der Waals surface area contributed by atoms with Gasteiger partial charge in [0.1, 0.15) is 0 Å². The van der Waals surface area contributed by atoms with Crippen LogP contribution in [0.3, 0.4) is 0 Å². The average Bonchev–Trinajstić information content (AvgIpc) is 2.75. The number of amides is 2. The van der Waals surface area contributed by atoms with Crippen LogP contribution < -0.4 is 10.6 Å². The van der Waals surface area contributed by atoms with Crippen molar-refractivity contribution in [3.8, 4) is 0 Å². The van der Waals surface area contributed by atoms with Gasteiger partial charge in [0.05, 0.1) is 17.7 Å². The van der Waals surface area contributed by atoms with E-state index in [0.717, 1.165) is 5.69 Å². The van der Waals surface area contributed by atoms with E-state index in [1.54, 1.807) is 12.4 Å². The molecule has 0 aromatic carbocycles. The van der Waals surface area contributed by atoms with Crippen molar-refractivity contribution in [2.24, 2.45) is 5.92 Å². The molecular weight excluding hydrogens is 242 g/mol. The fourth-order valence-corrected chi connectivity index (χ4v) is 1.75. The molecule has 0 bridgehead atoms. The van der Waals surface area contributed by atoms with Crippen LogP contribution in [-0.4, -0.2) is 28.6 Å². The van der Waals surface area contributed by atoms with Gasteiger partial charge in [0.15, 0.2) is 0 Å². The summed E-state index contributed by atoms with van der Waals surface area (Å²) in [5.74, 6) is -0.945. The first-order valence-corrected chi connectivity index (χ1v) is 6.12. The minimum Gasteiger partial charge on any atom is -0.481 e. The molecule has 6 nitrogen and oxygen atoms in total. The molecule has 3 N–H and O–H groups in total. The molecular formula is C10H15N3O3S. The Morgan fingerprint density at radius 3 is 2.88 bits per heavy atom. The highest BCUT2D eigenvalue weighted by Crippen LogP contribution is 2.00. The van der Waals surface area contributed by atoms with Crippen LogP contribution in [-0.2, 0) is 11.3 Å². The number of rotatable bonds is 6. The van der Waals surface area contributed by atoms with Crippen molar-refractivity contribution >= 4 is 23.3 Å². The minimum absolute atomic E-state index is 0.0480. The van der Waals surface area contributed by atoms with Gasteiger partial charge in [0.25, 0.3) is 0 Å². The second kappa shape index (κ2) is 6.85. The summed E-state index contributed by atoms with van der Waals surface area (Å²) in [6.07, 6.45) is 0.0480. The van der Waals surface area contributed by atoms with Gasteiger partial charge in [-0.25, -0.2) is 9.78 Å². The SMILES string of the molecule is CC(CNC(=O)NCc1cscn1)CC(=O)O. The maximum absolute atomic E-state index is 11.3. The van der Waals surface area contributed by atoms with Crippen LogP contribution in [0.25, 0.3) is 0 Å². The van der Waals surface area contributed by atoms with Crippen molar-refractivity contribution in [3.05, 3.63) is 16.6 Å². The molecule has 1 unspecified atom stereocenters. The van der Waals surface area contributed by atoms with Gasteiger partial charge >= 0.3 is 12.0 Å². The van der Waals surface area contributed by atoms with E-state index in [0.29, 0.717) is 13.1 Å². The average molecular weight is 257 g/mol. The summed E-state index contributed by atoms with van der Waals surface area (Å²) in [4.78, 5) is 25.8. The number of aromatic nitrogens is 1. The molecule has 94 valence electrons. The number of carbonyl (C=O) groups excluding carboxylic acids is 1. The summed E-state index contributed by atoms with van der Waals surface area (Å²) in [5, 5.41) is 15.6. The summed E-state index contributed by atoms with van der Waals surface area (Å²) in [6, 6.07) is -0.310. The monoisotopic (exact) mass is 257 g/mol. The highest BCUT2D eigenvalue weighted by atomic mass is 32.1. The molecule has 0 aliphatic carbocycles. The lowest BCUT2D eigenvalue weighted by atomic mass is 10.1. The van der Waals surface area contributed by atoms with Crippen molar-refractivity contribution in [3.63, 3.8) is 0 Å². The van der Waals surface area contributed by atoms with Crippen LogP contribution in [0, 0.1) is 5.92 Å². The normalized spacial score (nSPS) is 11.8. The summed E-state index contributed by atoms with van der Waals surface area (Å²) >= 11 is 1.47. The number of aliphatic carboxylic acids is 1. The van der Waals surface area contributed by atoms with E-state index in [2.05, 4.69) is 15.6 Å². The predicted molar refractivity (Wildman–Crippen MR) is 63.8 cm³/mol. The van der Waals surface area contributed by atoms with Crippen molar-refractivity contribution in [1.82, 2.24) is 15.6 Å². The van der Waals surface area contributed by atoms with Crippen LogP contribution in [0.2, 0.25) is 0 Å². The number of nitrogens with one attached hydrogen (secondary N) is 2. The van der Waals surface area contributed by atoms with Crippen molar-refractivity contribution in [2.45, 2.75) is 19.9 Å². The highest BCUT2D eigenvalue weighted by molar-refractivity contribution is 7.07. The number of carboxylic acids is 1. The van der Waals surface area contributed by atoms with Gasteiger partial charge in [-0.3, -0.25) is 4.79 Å². The molecule has 1 atom stereocenters. The Hall–Kier alpha value is -1.63. The van der Waals surface area contributed by atoms with Crippen molar-refractivity contribution in [2.75, 3.05) is 6.54 Å². The van der Waals surface area contributed by atoms with Crippen molar-refractivity contribution in [1.29, 1.82) is 0 Å². The number of carboxylic acid groups (broad SMARTS) is 1. The third kappa shape index (κ3) is 5.86. The maximum Gasteiger partial charge on any atom is 0.315 e. The van der Waals surface area contributed by atoms with E-state index in [1.807, 2.05) is 5.38 Å². The summed E-state index contributed by atoms with van der Waals surface area (Å²) in [6.45, 7) is 2.49. The van der Waals surface area contributed by atoms with Gasteiger partial charge in [-0.2, -0.15) is 0 Å². The first-order valence-electron chi connectivity index (χ1n) is 5.18. The van der Waals surface area contributed by atoms with E-state index >= 15 is 0 Å². The van der Waals surface area contributed by atoms with E-state index < -0.39 is 5.97 Å². The lowest BCUT2D eigenvalue weighted by Crippen LogP contribution is -2.37. The van der Waals surface area contributed by atoms with Crippen LogP contribution >= 0.6 is 11.3 Å². The van der Waals surface area contributed by atoms with Crippen LogP contribution in [0.1, 0.15) is 19.0 Å². The topological polar surface area (TPSA) is 91.3 Å². The Balaban J connectivity index is 2.15. The van der Waals surface area contributed by atoms with E-state index in [-0.39, 0.29) is 18.4 Å². The van der Waals surface area contributed by atoms with Gasteiger partial charge in [0.2, 0.25) is 0 Å². The Morgan fingerprint density at radius 1 is 1.53 bits per heavy atom. The molecule has 0 saturated carbocycles. The summed E-state index contributed by atoms with van der Waals surface area (Å²) < 4.78 is 0. The molecule has 2 amide bonds. The van der Waals surface area contributed by atoms with Gasteiger partial charge in [-0.05, 0) is 5.92 Å². The molecule has 1 rings (SSSR count). The molecule has 0 spiro atoms. The number of carbonyl (C=O) groups is 2. The fourth-order valence-electron chi connectivity index (χ4n) is 1.20. The van der Waals surface area contributed by atoms with Crippen molar-refractivity contribution < 1.29 is 14.7 Å². The third-order valence-electron chi connectivity index (χ3n) is 2.05. The lowest BCUT2D eigenvalue weighted by molar-refractivity contribution is -0.137. The Bertz CT molecular complexity index is 367. The summed E-state index contributed by atoms with van der Waals surface area (Å²) in [7, 11) is 0. The standard InChI is InChI=1S/C10H15N3O3S/c1-7(2-9(14)15)3-11-10(16)12-4-8-5-17-6-13-8/h5-7H,2-4H2,1H3,(H,14,15)(H2,11,12,16). The van der Waals surface area contributed by atoms with Gasteiger partial charge < -0.3 is 15.7 Å². The molecule has 1 aromatic rings. The molecule has 0 radical (unpaired) electrons. The quantitative estimate of drug-likeness (QED) is 0.710. The third-order valence-corrected chi connectivity index (χ3v) is 2.68. The maximum atomic E-state index is 11.3.